The topological polar surface area (TPSA) is 32.3 Å². The fourth-order valence-corrected chi connectivity index (χ4v) is 3.46. The van der Waals surface area contributed by atoms with Crippen LogP contribution in [0, 0.1) is 0 Å². The molecule has 0 saturated heterocycles. The Bertz CT molecular complexity index is 657. The Kier molecular flexibility index (Phi) is 4.39. The molecule has 0 heterocycles. The molecule has 0 spiro atoms. The van der Waals surface area contributed by atoms with Crippen LogP contribution < -0.4 is 5.32 Å². The molecular formula is C17H17Cl2NO. The van der Waals surface area contributed by atoms with Crippen molar-refractivity contribution in [1.82, 2.24) is 5.32 Å². The highest BCUT2D eigenvalue weighted by Gasteiger charge is 2.23. The molecule has 0 saturated carbocycles. The van der Waals surface area contributed by atoms with E-state index in [0.717, 1.165) is 36.9 Å². The predicted molar refractivity (Wildman–Crippen MR) is 87.3 cm³/mol. The molecule has 0 amide bonds. The van der Waals surface area contributed by atoms with Gasteiger partial charge in [-0.25, -0.2) is 0 Å². The second kappa shape index (κ2) is 6.27. The number of phenolic OH excluding ortho intramolecular Hbond substituents is 1. The van der Waals surface area contributed by atoms with E-state index in [1.807, 2.05) is 18.2 Å². The molecule has 0 bridgehead atoms. The SMILES string of the molecule is Oc1cccc2c1CCC2NCCc1ccc(Cl)cc1Cl. The van der Waals surface area contributed by atoms with Crippen LogP contribution in [0.2, 0.25) is 10.0 Å². The van der Waals surface area contributed by atoms with Crippen molar-refractivity contribution >= 4 is 23.2 Å². The quantitative estimate of drug-likeness (QED) is 0.867. The molecule has 21 heavy (non-hydrogen) atoms. The molecule has 0 radical (unpaired) electrons. The summed E-state index contributed by atoms with van der Waals surface area (Å²) >= 11 is 12.1. The highest BCUT2D eigenvalue weighted by molar-refractivity contribution is 6.35. The van der Waals surface area contributed by atoms with E-state index in [1.54, 1.807) is 12.1 Å². The van der Waals surface area contributed by atoms with Gasteiger partial charge in [0, 0.05) is 16.1 Å². The number of nitrogens with one attached hydrogen (secondary N) is 1. The van der Waals surface area contributed by atoms with Crippen molar-refractivity contribution in [3.8, 4) is 5.75 Å². The lowest BCUT2D eigenvalue weighted by molar-refractivity contribution is 0.469. The van der Waals surface area contributed by atoms with Gasteiger partial charge in [0.15, 0.2) is 0 Å². The summed E-state index contributed by atoms with van der Waals surface area (Å²) in [7, 11) is 0. The molecule has 2 aromatic rings. The van der Waals surface area contributed by atoms with Crippen LogP contribution in [-0.2, 0) is 12.8 Å². The van der Waals surface area contributed by atoms with Crippen molar-refractivity contribution < 1.29 is 5.11 Å². The first-order valence-corrected chi connectivity index (χ1v) is 7.89. The molecule has 1 aliphatic rings. The van der Waals surface area contributed by atoms with Gasteiger partial charge in [-0.2, -0.15) is 0 Å². The Morgan fingerprint density at radius 2 is 2.05 bits per heavy atom. The minimum absolute atomic E-state index is 0.318. The molecule has 3 rings (SSSR count). The van der Waals surface area contributed by atoms with E-state index < -0.39 is 0 Å². The Hall–Kier alpha value is -1.22. The van der Waals surface area contributed by atoms with Gasteiger partial charge in [-0.15, -0.1) is 0 Å². The van der Waals surface area contributed by atoms with Gasteiger partial charge in [-0.1, -0.05) is 41.4 Å². The van der Waals surface area contributed by atoms with Crippen LogP contribution in [0.3, 0.4) is 0 Å². The summed E-state index contributed by atoms with van der Waals surface area (Å²) in [5.41, 5.74) is 3.40. The van der Waals surface area contributed by atoms with E-state index in [4.69, 9.17) is 23.2 Å². The minimum Gasteiger partial charge on any atom is -0.508 e. The number of hydrogen-bond acceptors (Lipinski definition) is 2. The van der Waals surface area contributed by atoms with Crippen LogP contribution >= 0.6 is 23.2 Å². The number of phenols is 1. The van der Waals surface area contributed by atoms with Gasteiger partial charge in [-0.05, 0) is 60.7 Å². The number of fused-ring (bicyclic) bond motifs is 1. The monoisotopic (exact) mass is 321 g/mol. The molecule has 1 unspecified atom stereocenters. The standard InChI is InChI=1S/C17H17Cl2NO/c18-12-5-4-11(15(19)10-12)8-9-20-16-7-6-14-13(16)2-1-3-17(14)21/h1-5,10,16,20-21H,6-9H2. The number of rotatable bonds is 4. The molecule has 1 aliphatic carbocycles. The van der Waals surface area contributed by atoms with E-state index in [0.29, 0.717) is 21.8 Å². The molecule has 2 N–H and O–H groups in total. The van der Waals surface area contributed by atoms with E-state index in [1.165, 1.54) is 5.56 Å². The summed E-state index contributed by atoms with van der Waals surface area (Å²) in [5.74, 6) is 0.414. The zero-order chi connectivity index (χ0) is 14.8. The van der Waals surface area contributed by atoms with Crippen LogP contribution in [0.5, 0.6) is 5.75 Å². The molecule has 4 heteroatoms. The summed E-state index contributed by atoms with van der Waals surface area (Å²) in [4.78, 5) is 0. The average Bonchev–Trinajstić information content (AvgIpc) is 2.86. The lowest BCUT2D eigenvalue weighted by Crippen LogP contribution is -2.22. The minimum atomic E-state index is 0.318. The smallest absolute Gasteiger partial charge is 0.119 e. The molecular weight excluding hydrogens is 305 g/mol. The van der Waals surface area contributed by atoms with Crippen molar-refractivity contribution in [3.05, 3.63) is 63.1 Å². The van der Waals surface area contributed by atoms with Crippen molar-refractivity contribution in [2.45, 2.75) is 25.3 Å². The highest BCUT2D eigenvalue weighted by atomic mass is 35.5. The van der Waals surface area contributed by atoms with Gasteiger partial charge in [0.2, 0.25) is 0 Å². The maximum atomic E-state index is 9.86. The Labute approximate surface area is 134 Å². The maximum absolute atomic E-state index is 9.86. The third-order valence-electron chi connectivity index (χ3n) is 4.05. The first-order chi connectivity index (χ1) is 10.1. The van der Waals surface area contributed by atoms with E-state index in [-0.39, 0.29) is 0 Å². The summed E-state index contributed by atoms with van der Waals surface area (Å²) in [6.45, 7) is 0.848. The van der Waals surface area contributed by atoms with Gasteiger partial charge in [0.25, 0.3) is 0 Å². The Morgan fingerprint density at radius 1 is 1.19 bits per heavy atom. The fourth-order valence-electron chi connectivity index (χ4n) is 2.95. The number of benzene rings is 2. The van der Waals surface area contributed by atoms with E-state index >= 15 is 0 Å². The molecule has 2 aromatic carbocycles. The number of halogens is 2. The van der Waals surface area contributed by atoms with Crippen LogP contribution in [0.1, 0.15) is 29.2 Å². The number of hydrogen-bond donors (Lipinski definition) is 2. The Balaban J connectivity index is 1.61. The zero-order valence-corrected chi connectivity index (χ0v) is 13.1. The molecule has 1 atom stereocenters. The van der Waals surface area contributed by atoms with Gasteiger partial charge in [-0.3, -0.25) is 0 Å². The van der Waals surface area contributed by atoms with Gasteiger partial charge >= 0.3 is 0 Å². The van der Waals surface area contributed by atoms with Crippen molar-refractivity contribution in [1.29, 1.82) is 0 Å². The largest absolute Gasteiger partial charge is 0.508 e. The lowest BCUT2D eigenvalue weighted by atomic mass is 10.1. The van der Waals surface area contributed by atoms with Gasteiger partial charge in [0.05, 0.1) is 0 Å². The molecule has 0 aliphatic heterocycles. The molecule has 0 fully saturated rings. The first-order valence-electron chi connectivity index (χ1n) is 7.13. The number of aromatic hydroxyl groups is 1. The third kappa shape index (κ3) is 3.18. The van der Waals surface area contributed by atoms with Crippen molar-refractivity contribution in [2.24, 2.45) is 0 Å². The van der Waals surface area contributed by atoms with Gasteiger partial charge in [0.1, 0.15) is 5.75 Å². The lowest BCUT2D eigenvalue weighted by Gasteiger charge is -2.14. The highest BCUT2D eigenvalue weighted by Crippen LogP contribution is 2.36. The van der Waals surface area contributed by atoms with Crippen molar-refractivity contribution in [2.75, 3.05) is 6.54 Å². The van der Waals surface area contributed by atoms with Crippen LogP contribution in [-0.4, -0.2) is 11.7 Å². The molecule has 2 nitrogen and oxygen atoms in total. The van der Waals surface area contributed by atoms with Crippen molar-refractivity contribution in [3.63, 3.8) is 0 Å². The van der Waals surface area contributed by atoms with E-state index in [2.05, 4.69) is 11.4 Å². The van der Waals surface area contributed by atoms with Crippen LogP contribution in [0.25, 0.3) is 0 Å². The molecule has 0 aromatic heterocycles. The normalized spacial score (nSPS) is 17.0. The summed E-state index contributed by atoms with van der Waals surface area (Å²) in [6.07, 6.45) is 2.82. The van der Waals surface area contributed by atoms with E-state index in [9.17, 15) is 5.11 Å². The predicted octanol–water partition coefficient (Wildman–Crippen LogP) is 4.52. The zero-order valence-electron chi connectivity index (χ0n) is 11.6. The second-order valence-corrected chi connectivity index (χ2v) is 6.22. The van der Waals surface area contributed by atoms with Crippen LogP contribution in [0.15, 0.2) is 36.4 Å². The summed E-state index contributed by atoms with van der Waals surface area (Å²) in [5, 5.41) is 14.8. The van der Waals surface area contributed by atoms with Gasteiger partial charge < -0.3 is 10.4 Å². The average molecular weight is 322 g/mol. The second-order valence-electron chi connectivity index (χ2n) is 5.38. The molecule has 110 valence electrons. The maximum Gasteiger partial charge on any atom is 0.119 e. The summed E-state index contributed by atoms with van der Waals surface area (Å²) < 4.78 is 0. The first kappa shape index (κ1) is 14.7. The van der Waals surface area contributed by atoms with Crippen LogP contribution in [0.4, 0.5) is 0 Å². The Morgan fingerprint density at radius 3 is 2.86 bits per heavy atom. The summed E-state index contributed by atoms with van der Waals surface area (Å²) in [6, 6.07) is 11.7. The third-order valence-corrected chi connectivity index (χ3v) is 4.63. The fraction of sp³-hybridized carbons (Fsp3) is 0.294.